The lowest BCUT2D eigenvalue weighted by atomic mass is 10.0. The van der Waals surface area contributed by atoms with Gasteiger partial charge in [-0.2, -0.15) is 0 Å². The van der Waals surface area contributed by atoms with Gasteiger partial charge in [-0.15, -0.1) is 0 Å². The third-order valence-corrected chi connectivity index (χ3v) is 5.38. The topological polar surface area (TPSA) is 38.7 Å². The molecule has 3 heteroatoms. The molecule has 192 valence electrons. The van der Waals surface area contributed by atoms with E-state index in [0.29, 0.717) is 23.7 Å². The van der Waals surface area contributed by atoms with Crippen LogP contribution >= 0.6 is 0 Å². The number of hydrogen-bond acceptors (Lipinski definition) is 3. The van der Waals surface area contributed by atoms with Crippen molar-refractivity contribution in [3.63, 3.8) is 0 Å². The van der Waals surface area contributed by atoms with Crippen molar-refractivity contribution in [1.29, 1.82) is 0 Å². The molecule has 0 radical (unpaired) electrons. The van der Waals surface area contributed by atoms with Gasteiger partial charge in [0.1, 0.15) is 0 Å². The van der Waals surface area contributed by atoms with Crippen molar-refractivity contribution in [2.45, 2.75) is 79.1 Å². The van der Waals surface area contributed by atoms with E-state index in [-0.39, 0.29) is 0 Å². The maximum Gasteiger partial charge on any atom is 0.0428 e. The summed E-state index contributed by atoms with van der Waals surface area (Å²) < 4.78 is 0. The Morgan fingerprint density at radius 3 is 1.11 bits per heavy atom. The molecular formula is C33H45N3. The number of hydrogen-bond donors (Lipinski definition) is 0. The van der Waals surface area contributed by atoms with Crippen molar-refractivity contribution in [1.82, 2.24) is 15.0 Å². The fraction of sp³-hybridized carbons (Fsp3) is 0.364. The van der Waals surface area contributed by atoms with Crippen LogP contribution < -0.4 is 0 Å². The molecule has 0 bridgehead atoms. The number of aromatic nitrogens is 3. The predicted molar refractivity (Wildman–Crippen MR) is 156 cm³/mol. The molecule has 4 rings (SSSR count). The Hall–Kier alpha value is -3.33. The van der Waals surface area contributed by atoms with Crippen molar-refractivity contribution < 1.29 is 0 Å². The van der Waals surface area contributed by atoms with Crippen LogP contribution in [0.4, 0.5) is 0 Å². The summed E-state index contributed by atoms with van der Waals surface area (Å²) in [5, 5.41) is 0. The highest BCUT2D eigenvalue weighted by molar-refractivity contribution is 5.17. The molecule has 0 aliphatic heterocycles. The molecule has 3 heterocycles. The number of pyridine rings is 3. The van der Waals surface area contributed by atoms with Gasteiger partial charge in [0.25, 0.3) is 0 Å². The molecule has 0 fully saturated rings. The van der Waals surface area contributed by atoms with Gasteiger partial charge in [0, 0.05) is 36.2 Å². The minimum absolute atomic E-state index is 0.547. The quantitative estimate of drug-likeness (QED) is 0.290. The smallest absolute Gasteiger partial charge is 0.0428 e. The van der Waals surface area contributed by atoms with Gasteiger partial charge >= 0.3 is 0 Å². The molecule has 0 aliphatic carbocycles. The van der Waals surface area contributed by atoms with Crippen LogP contribution in [0.3, 0.4) is 0 Å². The fourth-order valence-corrected chi connectivity index (χ4v) is 2.99. The fourth-order valence-electron chi connectivity index (χ4n) is 2.99. The SMILES string of the molecule is CC(C)c1ccccc1.CC(C)c1ccccn1.CC(C)c1ccccn1.CC(C)c1cccnc1. The Morgan fingerprint density at radius 1 is 0.417 bits per heavy atom. The number of nitrogens with zero attached hydrogens (tertiary/aromatic N) is 3. The normalized spacial score (nSPS) is 10.1. The first kappa shape index (κ1) is 30.7. The van der Waals surface area contributed by atoms with Crippen LogP contribution in [0.15, 0.2) is 104 Å². The summed E-state index contributed by atoms with van der Waals surface area (Å²) in [6, 6.07) is 26.6. The maximum atomic E-state index is 4.18. The molecule has 0 saturated carbocycles. The Balaban J connectivity index is 0.000000240. The van der Waals surface area contributed by atoms with Gasteiger partial charge in [-0.25, -0.2) is 0 Å². The molecule has 0 atom stereocenters. The highest BCUT2D eigenvalue weighted by Gasteiger charge is 1.97. The van der Waals surface area contributed by atoms with E-state index in [1.54, 1.807) is 6.20 Å². The van der Waals surface area contributed by atoms with Crippen LogP contribution in [0.5, 0.6) is 0 Å². The summed E-state index contributed by atoms with van der Waals surface area (Å²) in [7, 11) is 0. The average molecular weight is 484 g/mol. The maximum absolute atomic E-state index is 4.18. The first-order valence-corrected chi connectivity index (χ1v) is 13.0. The lowest BCUT2D eigenvalue weighted by Crippen LogP contribution is -1.88. The average Bonchev–Trinajstić information content (AvgIpc) is 2.92. The van der Waals surface area contributed by atoms with Gasteiger partial charge in [-0.3, -0.25) is 15.0 Å². The third kappa shape index (κ3) is 13.5. The molecule has 0 spiro atoms. The second-order valence-corrected chi connectivity index (χ2v) is 9.83. The van der Waals surface area contributed by atoms with Crippen LogP contribution in [0.25, 0.3) is 0 Å². The first-order valence-electron chi connectivity index (χ1n) is 13.0. The standard InChI is InChI=1S/C9H12.3C8H11N/c1-8(2)9-6-4-3-5-7-9;1-7(2)8-4-3-5-9-6-8;2*1-7(2)8-5-3-4-6-9-8/h3-8H,1-2H3;3*3-7H,1-2H3. The van der Waals surface area contributed by atoms with E-state index in [0.717, 1.165) is 11.4 Å². The van der Waals surface area contributed by atoms with E-state index in [4.69, 9.17) is 0 Å². The summed E-state index contributed by atoms with van der Waals surface area (Å²) in [6.45, 7) is 17.3. The Labute approximate surface area is 220 Å². The summed E-state index contributed by atoms with van der Waals surface area (Å²) >= 11 is 0. The zero-order valence-corrected chi connectivity index (χ0v) is 23.5. The van der Waals surface area contributed by atoms with E-state index in [1.807, 2.05) is 67.1 Å². The molecule has 4 aromatic rings. The molecule has 0 amide bonds. The zero-order valence-electron chi connectivity index (χ0n) is 23.5. The summed E-state index contributed by atoms with van der Waals surface area (Å²) in [5.74, 6) is 2.35. The lowest BCUT2D eigenvalue weighted by Gasteiger charge is -2.01. The van der Waals surface area contributed by atoms with Crippen LogP contribution in [0.2, 0.25) is 0 Å². The Morgan fingerprint density at radius 2 is 0.861 bits per heavy atom. The van der Waals surface area contributed by atoms with Gasteiger partial charge in [0.15, 0.2) is 0 Å². The van der Waals surface area contributed by atoms with Gasteiger partial charge in [-0.05, 0) is 65.1 Å². The molecule has 0 aliphatic rings. The molecule has 0 saturated heterocycles. The summed E-state index contributed by atoms with van der Waals surface area (Å²) in [5.41, 5.74) is 5.05. The van der Waals surface area contributed by atoms with Gasteiger partial charge in [-0.1, -0.05) is 104 Å². The molecule has 0 unspecified atom stereocenters. The van der Waals surface area contributed by atoms with Crippen LogP contribution in [0, 0.1) is 0 Å². The highest BCUT2D eigenvalue weighted by Crippen LogP contribution is 2.12. The molecule has 3 nitrogen and oxygen atoms in total. The second kappa shape index (κ2) is 18.0. The minimum Gasteiger partial charge on any atom is -0.264 e. The van der Waals surface area contributed by atoms with Crippen molar-refractivity contribution in [3.8, 4) is 0 Å². The van der Waals surface area contributed by atoms with Crippen LogP contribution in [-0.2, 0) is 0 Å². The van der Waals surface area contributed by atoms with E-state index in [1.165, 1.54) is 11.1 Å². The number of rotatable bonds is 4. The van der Waals surface area contributed by atoms with Gasteiger partial charge < -0.3 is 0 Å². The van der Waals surface area contributed by atoms with Crippen LogP contribution in [-0.4, -0.2) is 15.0 Å². The summed E-state index contributed by atoms with van der Waals surface area (Å²) in [4.78, 5) is 12.4. The monoisotopic (exact) mass is 483 g/mol. The molecule has 36 heavy (non-hydrogen) atoms. The first-order chi connectivity index (χ1) is 17.2. The van der Waals surface area contributed by atoms with E-state index >= 15 is 0 Å². The van der Waals surface area contributed by atoms with Crippen molar-refractivity contribution in [2.24, 2.45) is 0 Å². The molecule has 0 N–H and O–H groups in total. The van der Waals surface area contributed by atoms with Crippen molar-refractivity contribution in [3.05, 3.63) is 126 Å². The molecular weight excluding hydrogens is 438 g/mol. The van der Waals surface area contributed by atoms with Gasteiger partial charge in [0.05, 0.1) is 0 Å². The number of benzene rings is 1. The summed E-state index contributed by atoms with van der Waals surface area (Å²) in [6.07, 6.45) is 7.36. The predicted octanol–water partition coefficient (Wildman–Crippen LogP) is 9.43. The lowest BCUT2D eigenvalue weighted by molar-refractivity contribution is 0.823. The third-order valence-electron chi connectivity index (χ3n) is 5.38. The zero-order chi connectivity index (χ0) is 26.8. The van der Waals surface area contributed by atoms with Crippen molar-refractivity contribution in [2.75, 3.05) is 0 Å². The molecule has 1 aromatic carbocycles. The van der Waals surface area contributed by atoms with E-state index < -0.39 is 0 Å². The second-order valence-electron chi connectivity index (χ2n) is 9.83. The Kier molecular flexibility index (Phi) is 15.4. The van der Waals surface area contributed by atoms with Crippen molar-refractivity contribution >= 4 is 0 Å². The minimum atomic E-state index is 0.547. The van der Waals surface area contributed by atoms with Crippen LogP contribution in [0.1, 0.15) is 102 Å². The van der Waals surface area contributed by atoms with E-state index in [9.17, 15) is 0 Å². The molecule has 3 aromatic heterocycles. The van der Waals surface area contributed by atoms with E-state index in [2.05, 4.69) is 101 Å². The largest absolute Gasteiger partial charge is 0.264 e. The highest BCUT2D eigenvalue weighted by atomic mass is 14.7. The Bertz CT molecular complexity index is 840. The van der Waals surface area contributed by atoms with Gasteiger partial charge in [0.2, 0.25) is 0 Å².